The van der Waals surface area contributed by atoms with Crippen molar-refractivity contribution in [1.82, 2.24) is 10.3 Å². The highest BCUT2D eigenvalue weighted by atomic mass is 32.2. The van der Waals surface area contributed by atoms with Crippen LogP contribution in [0.25, 0.3) is 0 Å². The van der Waals surface area contributed by atoms with Crippen LogP contribution in [0.5, 0.6) is 0 Å². The number of carbonyl (C=O) groups is 1. The molecule has 1 atom stereocenters. The van der Waals surface area contributed by atoms with Crippen molar-refractivity contribution in [2.24, 2.45) is 0 Å². The van der Waals surface area contributed by atoms with Crippen molar-refractivity contribution in [3.8, 4) is 0 Å². The van der Waals surface area contributed by atoms with Gasteiger partial charge in [0.2, 0.25) is 5.91 Å². The van der Waals surface area contributed by atoms with Crippen LogP contribution in [-0.2, 0) is 14.6 Å². The Balaban J connectivity index is 2.43. The van der Waals surface area contributed by atoms with E-state index in [1.165, 1.54) is 0 Å². The Morgan fingerprint density at radius 3 is 2.64 bits per heavy atom. The Morgan fingerprint density at radius 1 is 1.24 bits per heavy atom. The second kappa shape index (κ2) is 8.25. The van der Waals surface area contributed by atoms with Crippen molar-refractivity contribution < 1.29 is 13.2 Å². The monoisotopic (exact) mass is 360 g/mol. The van der Waals surface area contributed by atoms with E-state index < -0.39 is 15.1 Å². The van der Waals surface area contributed by atoms with Crippen LogP contribution in [0.3, 0.4) is 0 Å². The van der Waals surface area contributed by atoms with E-state index in [4.69, 9.17) is 0 Å². The molecule has 1 aromatic carbocycles. The largest absolute Gasteiger partial charge is 0.354 e. The first-order valence-electron chi connectivity index (χ1n) is 8.34. The van der Waals surface area contributed by atoms with Crippen molar-refractivity contribution in [3.05, 3.63) is 59.4 Å². The molecule has 1 amide bonds. The molecule has 1 N–H and O–H groups in total. The van der Waals surface area contributed by atoms with Gasteiger partial charge < -0.3 is 5.32 Å². The van der Waals surface area contributed by atoms with Crippen LogP contribution in [-0.4, -0.2) is 25.9 Å². The lowest BCUT2D eigenvalue weighted by Crippen LogP contribution is -2.32. The van der Waals surface area contributed by atoms with Crippen LogP contribution in [0.15, 0.2) is 47.6 Å². The molecule has 1 heterocycles. The van der Waals surface area contributed by atoms with E-state index in [0.29, 0.717) is 28.9 Å². The number of nitrogens with one attached hydrogen (secondary N) is 1. The van der Waals surface area contributed by atoms with Gasteiger partial charge in [0.15, 0.2) is 9.84 Å². The molecule has 25 heavy (non-hydrogen) atoms. The van der Waals surface area contributed by atoms with Gasteiger partial charge in [0.1, 0.15) is 5.25 Å². The average Bonchev–Trinajstić information content (AvgIpc) is 2.58. The maximum absolute atomic E-state index is 13.3. The van der Waals surface area contributed by atoms with E-state index in [1.54, 1.807) is 43.6 Å². The highest BCUT2D eigenvalue weighted by molar-refractivity contribution is 7.91. The van der Waals surface area contributed by atoms with E-state index in [-0.39, 0.29) is 12.5 Å². The van der Waals surface area contributed by atoms with E-state index in [9.17, 15) is 13.2 Å². The Kier molecular flexibility index (Phi) is 6.31. The number of sulfone groups is 1. The Labute approximate surface area is 149 Å². The Hall–Kier alpha value is -2.21. The van der Waals surface area contributed by atoms with Gasteiger partial charge in [-0.3, -0.25) is 9.78 Å². The molecule has 0 saturated heterocycles. The van der Waals surface area contributed by atoms with Crippen LogP contribution >= 0.6 is 0 Å². The van der Waals surface area contributed by atoms with Crippen molar-refractivity contribution in [2.45, 2.75) is 43.8 Å². The summed E-state index contributed by atoms with van der Waals surface area (Å²) < 4.78 is 26.6. The molecule has 0 aliphatic rings. The summed E-state index contributed by atoms with van der Waals surface area (Å²) in [5, 5.41) is 1.87. The zero-order valence-electron chi connectivity index (χ0n) is 14.8. The molecule has 134 valence electrons. The molecular formula is C19H24N2O3S. The molecule has 2 rings (SSSR count). The molecule has 0 radical (unpaired) electrons. The third kappa shape index (κ3) is 4.66. The minimum atomic E-state index is -3.67. The lowest BCUT2D eigenvalue weighted by molar-refractivity contribution is -0.121. The minimum absolute atomic E-state index is 0.0280. The summed E-state index contributed by atoms with van der Waals surface area (Å²) in [5.74, 6) is -0.146. The van der Waals surface area contributed by atoms with Crippen LogP contribution < -0.4 is 5.32 Å². The predicted octanol–water partition coefficient (Wildman–Crippen LogP) is 3.13. The first-order chi connectivity index (χ1) is 11.9. The average molecular weight is 360 g/mol. The lowest BCUT2D eigenvalue weighted by atomic mass is 10.2. The summed E-state index contributed by atoms with van der Waals surface area (Å²) in [6.07, 6.45) is 4.23. The number of hydrogen-bond acceptors (Lipinski definition) is 4. The molecule has 2 aromatic rings. The van der Waals surface area contributed by atoms with Gasteiger partial charge in [-0.2, -0.15) is 0 Å². The van der Waals surface area contributed by atoms with E-state index in [0.717, 1.165) is 5.56 Å². The maximum Gasteiger partial charge on any atom is 0.220 e. The quantitative estimate of drug-likeness (QED) is 0.823. The molecule has 0 aliphatic heterocycles. The second-order valence-electron chi connectivity index (χ2n) is 6.14. The van der Waals surface area contributed by atoms with Crippen LogP contribution in [0.2, 0.25) is 0 Å². The van der Waals surface area contributed by atoms with Gasteiger partial charge in [-0.1, -0.05) is 25.1 Å². The topological polar surface area (TPSA) is 76.1 Å². The number of aryl methyl sites for hydroxylation is 2. The van der Waals surface area contributed by atoms with Crippen molar-refractivity contribution in [1.29, 1.82) is 0 Å². The number of rotatable bonds is 7. The second-order valence-corrected chi connectivity index (χ2v) is 8.24. The summed E-state index contributed by atoms with van der Waals surface area (Å²) in [7, 11) is -3.67. The molecule has 0 spiro atoms. The predicted molar refractivity (Wildman–Crippen MR) is 98.0 cm³/mol. The van der Waals surface area contributed by atoms with Gasteiger partial charge in [0.25, 0.3) is 0 Å². The molecule has 1 aromatic heterocycles. The zero-order chi connectivity index (χ0) is 18.4. The molecule has 5 nitrogen and oxygen atoms in total. The van der Waals surface area contributed by atoms with Crippen LogP contribution in [0, 0.1) is 13.8 Å². The standard InChI is InChI=1S/C19H24N2O3S/c1-4-6-19(22)21-13-18(16-7-5-10-20-12-16)25(23,24)17-11-14(2)8-9-15(17)3/h5,7-12,18H,4,6,13H2,1-3H3,(H,21,22)/t18-/m1/s1. The SMILES string of the molecule is CCCC(=O)NC[C@H](c1cccnc1)S(=O)(=O)c1cc(C)ccc1C. The highest BCUT2D eigenvalue weighted by Gasteiger charge is 2.31. The normalized spacial score (nSPS) is 12.6. The number of amides is 1. The van der Waals surface area contributed by atoms with Crippen molar-refractivity contribution in [2.75, 3.05) is 6.54 Å². The van der Waals surface area contributed by atoms with Gasteiger partial charge in [-0.15, -0.1) is 0 Å². The molecule has 0 bridgehead atoms. The first-order valence-corrected chi connectivity index (χ1v) is 9.88. The number of hydrogen-bond donors (Lipinski definition) is 1. The molecule has 6 heteroatoms. The fourth-order valence-corrected chi connectivity index (χ4v) is 4.64. The van der Waals surface area contributed by atoms with E-state index >= 15 is 0 Å². The summed E-state index contributed by atoms with van der Waals surface area (Å²) in [6.45, 7) is 5.58. The van der Waals surface area contributed by atoms with Gasteiger partial charge in [-0.05, 0) is 49.1 Å². The molecule has 0 unspecified atom stereocenters. The van der Waals surface area contributed by atoms with Gasteiger partial charge in [0.05, 0.1) is 4.90 Å². The number of carbonyl (C=O) groups excluding carboxylic acids is 1. The smallest absolute Gasteiger partial charge is 0.220 e. The zero-order valence-corrected chi connectivity index (χ0v) is 15.6. The summed E-state index contributed by atoms with van der Waals surface area (Å²) >= 11 is 0. The number of aromatic nitrogens is 1. The van der Waals surface area contributed by atoms with E-state index in [2.05, 4.69) is 10.3 Å². The third-order valence-corrected chi connectivity index (χ3v) is 6.28. The molecule has 0 saturated carbocycles. The minimum Gasteiger partial charge on any atom is -0.354 e. The lowest BCUT2D eigenvalue weighted by Gasteiger charge is -2.20. The fraction of sp³-hybridized carbons (Fsp3) is 0.368. The van der Waals surface area contributed by atoms with Crippen LogP contribution in [0.1, 0.15) is 41.7 Å². The first kappa shape index (κ1) is 19.1. The van der Waals surface area contributed by atoms with Crippen molar-refractivity contribution in [3.63, 3.8) is 0 Å². The fourth-order valence-electron chi connectivity index (χ4n) is 2.66. The summed E-state index contributed by atoms with van der Waals surface area (Å²) in [6, 6.07) is 8.80. The Bertz CT molecular complexity index is 833. The van der Waals surface area contributed by atoms with Crippen molar-refractivity contribution >= 4 is 15.7 Å². The highest BCUT2D eigenvalue weighted by Crippen LogP contribution is 2.30. The van der Waals surface area contributed by atoms with Gasteiger partial charge in [-0.25, -0.2) is 8.42 Å². The number of benzene rings is 1. The molecule has 0 fully saturated rings. The Morgan fingerprint density at radius 2 is 2.00 bits per heavy atom. The summed E-state index contributed by atoms with van der Waals surface area (Å²) in [5.41, 5.74) is 2.14. The van der Waals surface area contributed by atoms with Gasteiger partial charge >= 0.3 is 0 Å². The van der Waals surface area contributed by atoms with E-state index in [1.807, 2.05) is 19.9 Å². The van der Waals surface area contributed by atoms with Gasteiger partial charge in [0, 0.05) is 25.4 Å². The molecular weight excluding hydrogens is 336 g/mol. The summed E-state index contributed by atoms with van der Waals surface area (Å²) in [4.78, 5) is 16.2. The maximum atomic E-state index is 13.3. The third-order valence-electron chi connectivity index (χ3n) is 4.04. The number of pyridine rings is 1. The van der Waals surface area contributed by atoms with Crippen LogP contribution in [0.4, 0.5) is 0 Å². The number of nitrogens with zero attached hydrogens (tertiary/aromatic N) is 1. The molecule has 0 aliphatic carbocycles.